The molecule has 0 aromatic heterocycles. The summed E-state index contributed by atoms with van der Waals surface area (Å²) < 4.78 is 21.2. The van der Waals surface area contributed by atoms with Gasteiger partial charge in [0.1, 0.15) is 0 Å². The molecule has 0 spiro atoms. The third kappa shape index (κ3) is 7.03. The minimum Gasteiger partial charge on any atom is -0.310 e. The van der Waals surface area contributed by atoms with Crippen LogP contribution in [0.2, 0.25) is 0 Å². The largest absolute Gasteiger partial charge is 0.310 e. The smallest absolute Gasteiger partial charge is 0.209 e. The van der Waals surface area contributed by atoms with Gasteiger partial charge in [-0.3, -0.25) is 0 Å². The van der Waals surface area contributed by atoms with Crippen LogP contribution in [0.3, 0.4) is 0 Å². The highest BCUT2D eigenvalue weighted by Crippen LogP contribution is 2.13. The van der Waals surface area contributed by atoms with Crippen LogP contribution in [0, 0.1) is 11.3 Å². The summed E-state index contributed by atoms with van der Waals surface area (Å²) in [5.74, 6) is 0.357. The standard InChI is InChI=1S/C9H20N2O2S/c1-3-9(8(2)10)6-4-5-7-14(11,12)13/h9-10H,3-7H2,1-2H3,(H2,11,12,13)/t9-/m0/s1. The maximum Gasteiger partial charge on any atom is 0.209 e. The van der Waals surface area contributed by atoms with Gasteiger partial charge in [0.05, 0.1) is 5.75 Å². The molecule has 0 saturated heterocycles. The summed E-state index contributed by atoms with van der Waals surface area (Å²) in [6, 6.07) is 0. The summed E-state index contributed by atoms with van der Waals surface area (Å²) in [5.41, 5.74) is 0.683. The minimum absolute atomic E-state index is 0.0560. The fraction of sp³-hybridized carbons (Fsp3) is 0.889. The number of primary sulfonamides is 1. The Kier molecular flexibility index (Phi) is 5.95. The number of nitrogens with one attached hydrogen (secondary N) is 1. The van der Waals surface area contributed by atoms with E-state index in [9.17, 15) is 8.42 Å². The Morgan fingerprint density at radius 1 is 1.43 bits per heavy atom. The quantitative estimate of drug-likeness (QED) is 0.503. The lowest BCUT2D eigenvalue weighted by atomic mass is 9.95. The van der Waals surface area contributed by atoms with E-state index < -0.39 is 10.0 Å². The number of sulfonamides is 1. The highest BCUT2D eigenvalue weighted by molar-refractivity contribution is 7.89. The highest BCUT2D eigenvalue weighted by Gasteiger charge is 2.09. The van der Waals surface area contributed by atoms with Crippen molar-refractivity contribution in [1.82, 2.24) is 0 Å². The van der Waals surface area contributed by atoms with Crippen molar-refractivity contribution in [2.75, 3.05) is 5.75 Å². The topological polar surface area (TPSA) is 84.0 Å². The monoisotopic (exact) mass is 220 g/mol. The molecule has 0 radical (unpaired) electrons. The SMILES string of the molecule is CC[C@@H](CCCCS(N)(=O)=O)C(C)=N. The van der Waals surface area contributed by atoms with Gasteiger partial charge in [-0.05, 0) is 32.1 Å². The van der Waals surface area contributed by atoms with Crippen LogP contribution < -0.4 is 5.14 Å². The van der Waals surface area contributed by atoms with Crippen LogP contribution in [0.1, 0.15) is 39.5 Å². The van der Waals surface area contributed by atoms with Gasteiger partial charge in [0.25, 0.3) is 0 Å². The Morgan fingerprint density at radius 2 is 2.00 bits per heavy atom. The molecule has 0 heterocycles. The zero-order valence-corrected chi connectivity index (χ0v) is 9.73. The van der Waals surface area contributed by atoms with E-state index in [0.29, 0.717) is 18.1 Å². The Bertz CT molecular complexity index is 273. The average Bonchev–Trinajstić information content (AvgIpc) is 2.01. The number of nitrogens with two attached hydrogens (primary N) is 1. The fourth-order valence-electron chi connectivity index (χ4n) is 1.42. The van der Waals surface area contributed by atoms with Crippen molar-refractivity contribution in [2.45, 2.75) is 39.5 Å². The van der Waals surface area contributed by atoms with Crippen molar-refractivity contribution in [3.63, 3.8) is 0 Å². The van der Waals surface area contributed by atoms with E-state index in [2.05, 4.69) is 0 Å². The Hall–Kier alpha value is -0.420. The molecule has 4 nitrogen and oxygen atoms in total. The van der Waals surface area contributed by atoms with Crippen molar-refractivity contribution in [3.05, 3.63) is 0 Å². The second-order valence-electron chi connectivity index (χ2n) is 3.65. The molecule has 0 aliphatic heterocycles. The van der Waals surface area contributed by atoms with Gasteiger partial charge in [-0.1, -0.05) is 13.3 Å². The number of unbranched alkanes of at least 4 members (excludes halogenated alkanes) is 1. The summed E-state index contributed by atoms with van der Waals surface area (Å²) in [7, 11) is -3.30. The van der Waals surface area contributed by atoms with E-state index in [0.717, 1.165) is 19.3 Å². The molecule has 0 bridgehead atoms. The van der Waals surface area contributed by atoms with Crippen LogP contribution in [0.15, 0.2) is 0 Å². The molecule has 0 saturated carbocycles. The summed E-state index contributed by atoms with van der Waals surface area (Å²) in [4.78, 5) is 0. The van der Waals surface area contributed by atoms with E-state index in [1.165, 1.54) is 0 Å². The molecule has 0 aromatic carbocycles. The van der Waals surface area contributed by atoms with Crippen LogP contribution in [0.5, 0.6) is 0 Å². The average molecular weight is 220 g/mol. The maximum atomic E-state index is 10.6. The lowest BCUT2D eigenvalue weighted by molar-refractivity contribution is 0.556. The highest BCUT2D eigenvalue weighted by atomic mass is 32.2. The van der Waals surface area contributed by atoms with Gasteiger partial charge >= 0.3 is 0 Å². The van der Waals surface area contributed by atoms with Gasteiger partial charge < -0.3 is 5.41 Å². The van der Waals surface area contributed by atoms with E-state index in [-0.39, 0.29) is 5.75 Å². The first-order valence-electron chi connectivity index (χ1n) is 4.92. The van der Waals surface area contributed by atoms with Crippen LogP contribution in [-0.4, -0.2) is 19.9 Å². The first-order chi connectivity index (χ1) is 6.37. The molecule has 0 unspecified atom stereocenters. The van der Waals surface area contributed by atoms with E-state index in [1.807, 2.05) is 6.92 Å². The molecular formula is C9H20N2O2S. The first-order valence-corrected chi connectivity index (χ1v) is 6.64. The third-order valence-electron chi connectivity index (χ3n) is 2.34. The van der Waals surface area contributed by atoms with Gasteiger partial charge in [-0.25, -0.2) is 13.6 Å². The lowest BCUT2D eigenvalue weighted by Crippen LogP contribution is -2.17. The fourth-order valence-corrected chi connectivity index (χ4v) is 2.03. The molecular weight excluding hydrogens is 200 g/mol. The zero-order chi connectivity index (χ0) is 11.2. The molecule has 1 atom stereocenters. The molecule has 3 N–H and O–H groups in total. The molecule has 5 heteroatoms. The van der Waals surface area contributed by atoms with Crippen molar-refractivity contribution >= 4 is 15.7 Å². The molecule has 0 fully saturated rings. The van der Waals surface area contributed by atoms with Crippen molar-refractivity contribution in [3.8, 4) is 0 Å². The third-order valence-corrected chi connectivity index (χ3v) is 3.19. The van der Waals surface area contributed by atoms with Crippen LogP contribution in [0.25, 0.3) is 0 Å². The van der Waals surface area contributed by atoms with Gasteiger partial charge in [-0.15, -0.1) is 0 Å². The Balaban J connectivity index is 3.68. The second-order valence-corrected chi connectivity index (χ2v) is 5.38. The van der Waals surface area contributed by atoms with Gasteiger partial charge in [0.2, 0.25) is 10.0 Å². The van der Waals surface area contributed by atoms with Crippen molar-refractivity contribution in [1.29, 1.82) is 5.41 Å². The number of hydrogen-bond acceptors (Lipinski definition) is 3. The van der Waals surface area contributed by atoms with Gasteiger partial charge in [0, 0.05) is 5.71 Å². The molecule has 0 aliphatic carbocycles. The van der Waals surface area contributed by atoms with Crippen molar-refractivity contribution in [2.24, 2.45) is 11.1 Å². The zero-order valence-electron chi connectivity index (χ0n) is 8.91. The lowest BCUT2D eigenvalue weighted by Gasteiger charge is -2.12. The minimum atomic E-state index is -3.30. The normalized spacial score (nSPS) is 13.9. The summed E-state index contributed by atoms with van der Waals surface area (Å²) in [5, 5.41) is 12.3. The molecule has 84 valence electrons. The van der Waals surface area contributed by atoms with Crippen LogP contribution in [-0.2, 0) is 10.0 Å². The summed E-state index contributed by atoms with van der Waals surface area (Å²) >= 11 is 0. The van der Waals surface area contributed by atoms with Crippen LogP contribution >= 0.6 is 0 Å². The van der Waals surface area contributed by atoms with E-state index >= 15 is 0 Å². The van der Waals surface area contributed by atoms with Crippen molar-refractivity contribution < 1.29 is 8.42 Å². The molecule has 14 heavy (non-hydrogen) atoms. The summed E-state index contributed by atoms with van der Waals surface area (Å²) in [6.45, 7) is 3.84. The predicted molar refractivity (Wildman–Crippen MR) is 59.0 cm³/mol. The van der Waals surface area contributed by atoms with E-state index in [4.69, 9.17) is 10.5 Å². The predicted octanol–water partition coefficient (Wildman–Crippen LogP) is 1.51. The molecule has 0 aliphatic rings. The summed E-state index contributed by atoms with van der Waals surface area (Å²) in [6.07, 6.45) is 3.26. The molecule has 0 aromatic rings. The van der Waals surface area contributed by atoms with Crippen LogP contribution in [0.4, 0.5) is 0 Å². The maximum absolute atomic E-state index is 10.6. The van der Waals surface area contributed by atoms with Gasteiger partial charge in [0.15, 0.2) is 0 Å². The van der Waals surface area contributed by atoms with E-state index in [1.54, 1.807) is 6.92 Å². The molecule has 0 amide bonds. The Morgan fingerprint density at radius 3 is 2.36 bits per heavy atom. The Labute approximate surface area is 86.4 Å². The number of hydrogen-bond donors (Lipinski definition) is 2. The molecule has 0 rings (SSSR count). The number of rotatable bonds is 7. The second kappa shape index (κ2) is 6.14. The first kappa shape index (κ1) is 13.6. The van der Waals surface area contributed by atoms with Gasteiger partial charge in [-0.2, -0.15) is 0 Å².